The lowest BCUT2D eigenvalue weighted by molar-refractivity contribution is 0.0792. The summed E-state index contributed by atoms with van der Waals surface area (Å²) in [5.41, 5.74) is 2.68. The van der Waals surface area contributed by atoms with Crippen LogP contribution in [0.2, 0.25) is 0 Å². The van der Waals surface area contributed by atoms with Crippen molar-refractivity contribution in [3.8, 4) is 0 Å². The molecule has 1 aromatic carbocycles. The maximum Gasteiger partial charge on any atom is 0.0594 e. The first-order chi connectivity index (χ1) is 8.13. The molecule has 0 bridgehead atoms. The van der Waals surface area contributed by atoms with E-state index in [4.69, 9.17) is 4.74 Å². The van der Waals surface area contributed by atoms with Gasteiger partial charge in [0, 0.05) is 12.6 Å². The Bertz CT molecular complexity index is 305. The van der Waals surface area contributed by atoms with Gasteiger partial charge >= 0.3 is 0 Å². The van der Waals surface area contributed by atoms with E-state index in [9.17, 15) is 0 Å². The molecule has 0 fully saturated rings. The fourth-order valence-electron chi connectivity index (χ4n) is 1.82. The van der Waals surface area contributed by atoms with Crippen molar-refractivity contribution in [2.45, 2.75) is 46.3 Å². The fourth-order valence-corrected chi connectivity index (χ4v) is 1.82. The van der Waals surface area contributed by atoms with Crippen molar-refractivity contribution in [2.24, 2.45) is 0 Å². The molecule has 2 heteroatoms. The van der Waals surface area contributed by atoms with Crippen molar-refractivity contribution in [3.63, 3.8) is 0 Å². The summed E-state index contributed by atoms with van der Waals surface area (Å²) in [5.74, 6) is 0. The van der Waals surface area contributed by atoms with Crippen LogP contribution in [0.15, 0.2) is 24.3 Å². The molecule has 0 aromatic heterocycles. The first-order valence-electron chi connectivity index (χ1n) is 6.55. The molecule has 1 rings (SSSR count). The molecule has 1 N–H and O–H groups in total. The lowest BCUT2D eigenvalue weighted by Crippen LogP contribution is -2.25. The highest BCUT2D eigenvalue weighted by molar-refractivity contribution is 5.23. The molecule has 0 saturated carbocycles. The second kappa shape index (κ2) is 7.46. The fraction of sp³-hybridized carbons (Fsp3) is 0.600. The van der Waals surface area contributed by atoms with Crippen molar-refractivity contribution in [3.05, 3.63) is 35.4 Å². The summed E-state index contributed by atoms with van der Waals surface area (Å²) in [5, 5.41) is 3.54. The van der Waals surface area contributed by atoms with Crippen LogP contribution >= 0.6 is 0 Å². The van der Waals surface area contributed by atoms with Gasteiger partial charge in [-0.2, -0.15) is 0 Å². The number of rotatable bonds is 7. The van der Waals surface area contributed by atoms with Crippen LogP contribution < -0.4 is 5.32 Å². The molecule has 96 valence electrons. The summed E-state index contributed by atoms with van der Waals surface area (Å²) in [7, 11) is 0. The number of aryl methyl sites for hydroxylation is 1. The Morgan fingerprint density at radius 3 is 2.35 bits per heavy atom. The molecule has 0 radical (unpaired) electrons. The van der Waals surface area contributed by atoms with Crippen LogP contribution in [-0.4, -0.2) is 19.3 Å². The van der Waals surface area contributed by atoms with Gasteiger partial charge in [0.15, 0.2) is 0 Å². The molecule has 0 aliphatic rings. The number of hydrogen-bond acceptors (Lipinski definition) is 2. The summed E-state index contributed by atoms with van der Waals surface area (Å²) in [6.45, 7) is 10.1. The van der Waals surface area contributed by atoms with E-state index in [2.05, 4.69) is 57.3 Å². The molecule has 0 spiro atoms. The molecule has 0 saturated heterocycles. The van der Waals surface area contributed by atoms with Crippen LogP contribution in [0.1, 0.15) is 44.4 Å². The van der Waals surface area contributed by atoms with Gasteiger partial charge in [-0.3, -0.25) is 0 Å². The van der Waals surface area contributed by atoms with Crippen molar-refractivity contribution < 1.29 is 4.74 Å². The molecule has 0 aliphatic carbocycles. The van der Waals surface area contributed by atoms with Crippen LogP contribution in [0.5, 0.6) is 0 Å². The highest BCUT2D eigenvalue weighted by Gasteiger charge is 2.07. The lowest BCUT2D eigenvalue weighted by Gasteiger charge is -2.18. The van der Waals surface area contributed by atoms with Crippen molar-refractivity contribution in [1.82, 2.24) is 5.32 Å². The van der Waals surface area contributed by atoms with Crippen molar-refractivity contribution >= 4 is 0 Å². The van der Waals surface area contributed by atoms with Gasteiger partial charge in [0.05, 0.1) is 12.7 Å². The minimum atomic E-state index is 0.316. The molecule has 1 atom stereocenters. The largest absolute Gasteiger partial charge is 0.377 e. The molecule has 0 amide bonds. The minimum Gasteiger partial charge on any atom is -0.377 e. The van der Waals surface area contributed by atoms with Gasteiger partial charge in [0.1, 0.15) is 0 Å². The summed E-state index contributed by atoms with van der Waals surface area (Å²) >= 11 is 0. The number of hydrogen-bond donors (Lipinski definition) is 1. The smallest absolute Gasteiger partial charge is 0.0594 e. The lowest BCUT2D eigenvalue weighted by atomic mass is 10.0. The zero-order valence-corrected chi connectivity index (χ0v) is 11.5. The molecule has 1 aromatic rings. The first kappa shape index (κ1) is 14.2. The van der Waals surface area contributed by atoms with Crippen LogP contribution in [0.4, 0.5) is 0 Å². The third-order valence-corrected chi connectivity index (χ3v) is 2.83. The van der Waals surface area contributed by atoms with Gasteiger partial charge < -0.3 is 10.1 Å². The quantitative estimate of drug-likeness (QED) is 0.731. The zero-order chi connectivity index (χ0) is 12.7. The Hall–Kier alpha value is -0.860. The van der Waals surface area contributed by atoms with Crippen molar-refractivity contribution in [1.29, 1.82) is 0 Å². The SMILES string of the molecule is CCC(NCCOC(C)C)c1ccc(C)cc1. The molecule has 17 heavy (non-hydrogen) atoms. The Labute approximate surface area is 105 Å². The topological polar surface area (TPSA) is 21.3 Å². The molecular formula is C15H25NO. The summed E-state index contributed by atoms with van der Waals surface area (Å²) in [6.07, 6.45) is 1.42. The van der Waals surface area contributed by atoms with E-state index in [-0.39, 0.29) is 0 Å². The average molecular weight is 235 g/mol. The van der Waals surface area contributed by atoms with Crippen LogP contribution in [0.25, 0.3) is 0 Å². The third kappa shape index (κ3) is 5.33. The molecule has 0 heterocycles. The minimum absolute atomic E-state index is 0.316. The predicted molar refractivity (Wildman–Crippen MR) is 73.3 cm³/mol. The van der Waals surface area contributed by atoms with Gasteiger partial charge in [-0.25, -0.2) is 0 Å². The third-order valence-electron chi connectivity index (χ3n) is 2.83. The Morgan fingerprint density at radius 1 is 1.18 bits per heavy atom. The van der Waals surface area contributed by atoms with E-state index in [0.29, 0.717) is 12.1 Å². The van der Waals surface area contributed by atoms with Gasteiger partial charge in [0.25, 0.3) is 0 Å². The second-order valence-electron chi connectivity index (χ2n) is 4.75. The van der Waals surface area contributed by atoms with E-state index in [1.807, 2.05) is 0 Å². The standard InChI is InChI=1S/C15H25NO/c1-5-15(16-10-11-17-12(2)3)14-8-6-13(4)7-9-14/h6-9,12,15-16H,5,10-11H2,1-4H3. The molecule has 1 unspecified atom stereocenters. The van der Waals surface area contributed by atoms with Crippen LogP contribution in [0.3, 0.4) is 0 Å². The first-order valence-corrected chi connectivity index (χ1v) is 6.55. The summed E-state index contributed by atoms with van der Waals surface area (Å²) < 4.78 is 5.53. The highest BCUT2D eigenvalue weighted by atomic mass is 16.5. The monoisotopic (exact) mass is 235 g/mol. The number of nitrogens with one attached hydrogen (secondary N) is 1. The van der Waals surface area contributed by atoms with Crippen molar-refractivity contribution in [2.75, 3.05) is 13.2 Å². The van der Waals surface area contributed by atoms with Gasteiger partial charge in [0.2, 0.25) is 0 Å². The number of benzene rings is 1. The Balaban J connectivity index is 2.40. The maximum absolute atomic E-state index is 5.53. The summed E-state index contributed by atoms with van der Waals surface area (Å²) in [4.78, 5) is 0. The van der Waals surface area contributed by atoms with E-state index in [1.54, 1.807) is 0 Å². The van der Waals surface area contributed by atoms with E-state index < -0.39 is 0 Å². The van der Waals surface area contributed by atoms with Crippen LogP contribution in [-0.2, 0) is 4.74 Å². The zero-order valence-electron chi connectivity index (χ0n) is 11.5. The molecule has 2 nitrogen and oxygen atoms in total. The number of ether oxygens (including phenoxy) is 1. The highest BCUT2D eigenvalue weighted by Crippen LogP contribution is 2.16. The second-order valence-corrected chi connectivity index (χ2v) is 4.75. The van der Waals surface area contributed by atoms with Crippen LogP contribution in [0, 0.1) is 6.92 Å². The van der Waals surface area contributed by atoms with E-state index in [1.165, 1.54) is 11.1 Å². The van der Waals surface area contributed by atoms with E-state index >= 15 is 0 Å². The maximum atomic E-state index is 5.53. The summed E-state index contributed by atoms with van der Waals surface area (Å²) in [6, 6.07) is 9.19. The predicted octanol–water partition coefficient (Wildman–Crippen LogP) is 3.46. The Kier molecular flexibility index (Phi) is 6.23. The van der Waals surface area contributed by atoms with Gasteiger partial charge in [-0.15, -0.1) is 0 Å². The molecular weight excluding hydrogens is 210 g/mol. The Morgan fingerprint density at radius 2 is 1.82 bits per heavy atom. The van der Waals surface area contributed by atoms with E-state index in [0.717, 1.165) is 19.6 Å². The molecule has 0 aliphatic heterocycles. The normalized spacial score (nSPS) is 13.0. The van der Waals surface area contributed by atoms with Gasteiger partial charge in [-0.1, -0.05) is 36.8 Å². The average Bonchev–Trinajstić information content (AvgIpc) is 2.30. The van der Waals surface area contributed by atoms with Gasteiger partial charge in [-0.05, 0) is 32.8 Å².